The van der Waals surface area contributed by atoms with Crippen LogP contribution in [0.1, 0.15) is 34.0 Å². The molecule has 0 bridgehead atoms. The van der Waals surface area contributed by atoms with Gasteiger partial charge in [0.25, 0.3) is 5.91 Å². The second-order valence-electron chi connectivity index (χ2n) is 5.82. The summed E-state index contributed by atoms with van der Waals surface area (Å²) in [5.41, 5.74) is 3.75. The van der Waals surface area contributed by atoms with E-state index in [-0.39, 0.29) is 5.56 Å². The van der Waals surface area contributed by atoms with Crippen molar-refractivity contribution in [3.05, 3.63) is 64.5 Å². The highest BCUT2D eigenvalue weighted by Crippen LogP contribution is 2.22. The summed E-state index contributed by atoms with van der Waals surface area (Å²) in [5, 5.41) is 2.78. The number of halogens is 1. The molecule has 5 heteroatoms. The lowest BCUT2D eigenvalue weighted by Gasteiger charge is -2.17. The third-order valence-corrected chi connectivity index (χ3v) is 3.64. The summed E-state index contributed by atoms with van der Waals surface area (Å²) in [6.07, 6.45) is -0.999. The molecule has 0 aliphatic heterocycles. The molecule has 0 fully saturated rings. The van der Waals surface area contributed by atoms with Gasteiger partial charge in [-0.2, -0.15) is 0 Å². The number of hydrogen-bond acceptors (Lipinski definition) is 3. The molecule has 24 heavy (non-hydrogen) atoms. The van der Waals surface area contributed by atoms with Crippen LogP contribution in [0.25, 0.3) is 0 Å². The summed E-state index contributed by atoms with van der Waals surface area (Å²) in [5.74, 6) is -1.71. The van der Waals surface area contributed by atoms with Crippen LogP contribution in [0.4, 0.5) is 10.1 Å². The molecule has 0 aromatic heterocycles. The largest absolute Gasteiger partial charge is 0.449 e. The van der Waals surface area contributed by atoms with Gasteiger partial charge < -0.3 is 10.1 Å². The van der Waals surface area contributed by atoms with Crippen molar-refractivity contribution in [2.45, 2.75) is 33.8 Å². The zero-order valence-electron chi connectivity index (χ0n) is 14.1. The molecule has 126 valence electrons. The number of esters is 1. The highest BCUT2D eigenvalue weighted by molar-refractivity contribution is 5.98. The van der Waals surface area contributed by atoms with E-state index in [1.165, 1.54) is 25.1 Å². The fraction of sp³-hybridized carbons (Fsp3) is 0.263. The quantitative estimate of drug-likeness (QED) is 0.865. The van der Waals surface area contributed by atoms with Crippen molar-refractivity contribution in [3.63, 3.8) is 0 Å². The summed E-state index contributed by atoms with van der Waals surface area (Å²) in [6, 6.07) is 9.08. The lowest BCUT2D eigenvalue weighted by Crippen LogP contribution is -2.30. The molecule has 0 spiro atoms. The minimum Gasteiger partial charge on any atom is -0.449 e. The molecule has 1 N–H and O–H groups in total. The standard InChI is InChI=1S/C19H20FNO3/c1-11-8-12(2)17(13(3)9-11)21-18(22)14(4)24-19(23)15-6-5-7-16(20)10-15/h5-10,14H,1-4H3,(H,21,22)/t14-/m0/s1. The van der Waals surface area contributed by atoms with Crippen LogP contribution in [0.3, 0.4) is 0 Å². The molecule has 0 unspecified atom stereocenters. The highest BCUT2D eigenvalue weighted by Gasteiger charge is 2.20. The minimum atomic E-state index is -0.999. The average Bonchev–Trinajstić information content (AvgIpc) is 2.50. The number of benzene rings is 2. The molecule has 2 aromatic rings. The third kappa shape index (κ3) is 4.19. The van der Waals surface area contributed by atoms with E-state index >= 15 is 0 Å². The van der Waals surface area contributed by atoms with Crippen molar-refractivity contribution >= 4 is 17.6 Å². The maximum Gasteiger partial charge on any atom is 0.339 e. The first-order valence-electron chi connectivity index (χ1n) is 7.63. The molecular formula is C19H20FNO3. The predicted octanol–water partition coefficient (Wildman–Crippen LogP) is 3.93. The Balaban J connectivity index is 2.06. The molecule has 2 aromatic carbocycles. The van der Waals surface area contributed by atoms with E-state index in [1.54, 1.807) is 0 Å². The summed E-state index contributed by atoms with van der Waals surface area (Å²) in [4.78, 5) is 24.2. The van der Waals surface area contributed by atoms with Crippen molar-refractivity contribution < 1.29 is 18.7 Å². The van der Waals surface area contributed by atoms with Gasteiger partial charge in [-0.25, -0.2) is 9.18 Å². The van der Waals surface area contributed by atoms with Gasteiger partial charge in [0, 0.05) is 5.69 Å². The second-order valence-corrected chi connectivity index (χ2v) is 5.82. The number of nitrogens with one attached hydrogen (secondary N) is 1. The minimum absolute atomic E-state index is 0.0670. The van der Waals surface area contributed by atoms with Crippen molar-refractivity contribution in [3.8, 4) is 0 Å². The predicted molar refractivity (Wildman–Crippen MR) is 90.6 cm³/mol. The Morgan fingerprint density at radius 1 is 1.08 bits per heavy atom. The summed E-state index contributed by atoms with van der Waals surface area (Å²) in [6.45, 7) is 7.26. The Kier molecular flexibility index (Phi) is 5.34. The van der Waals surface area contributed by atoms with Crippen LogP contribution >= 0.6 is 0 Å². The number of carbonyl (C=O) groups excluding carboxylic acids is 2. The fourth-order valence-electron chi connectivity index (χ4n) is 2.50. The Bertz CT molecular complexity index is 763. The van der Waals surface area contributed by atoms with Crippen LogP contribution in [0.2, 0.25) is 0 Å². The number of anilines is 1. The van der Waals surface area contributed by atoms with Gasteiger partial charge in [-0.1, -0.05) is 23.8 Å². The van der Waals surface area contributed by atoms with Crippen LogP contribution in [-0.4, -0.2) is 18.0 Å². The first kappa shape index (κ1) is 17.7. The zero-order chi connectivity index (χ0) is 17.9. The molecule has 0 heterocycles. The molecule has 0 saturated carbocycles. The van der Waals surface area contributed by atoms with E-state index < -0.39 is 23.8 Å². The van der Waals surface area contributed by atoms with Crippen LogP contribution < -0.4 is 5.32 Å². The fourth-order valence-corrected chi connectivity index (χ4v) is 2.50. The SMILES string of the molecule is Cc1cc(C)c(NC(=O)[C@H](C)OC(=O)c2cccc(F)c2)c(C)c1. The lowest BCUT2D eigenvalue weighted by molar-refractivity contribution is -0.123. The zero-order valence-corrected chi connectivity index (χ0v) is 14.1. The van der Waals surface area contributed by atoms with Gasteiger partial charge in [0.15, 0.2) is 6.10 Å². The maximum absolute atomic E-state index is 13.1. The number of rotatable bonds is 4. The van der Waals surface area contributed by atoms with E-state index in [9.17, 15) is 14.0 Å². The van der Waals surface area contributed by atoms with Gasteiger partial charge in [-0.3, -0.25) is 4.79 Å². The molecule has 0 saturated heterocycles. The maximum atomic E-state index is 13.1. The number of hydrogen-bond donors (Lipinski definition) is 1. The third-order valence-electron chi connectivity index (χ3n) is 3.64. The van der Waals surface area contributed by atoms with Crippen LogP contribution in [-0.2, 0) is 9.53 Å². The van der Waals surface area contributed by atoms with Crippen molar-refractivity contribution in [1.29, 1.82) is 0 Å². The average molecular weight is 329 g/mol. The number of ether oxygens (including phenoxy) is 1. The topological polar surface area (TPSA) is 55.4 Å². The Hall–Kier alpha value is -2.69. The molecule has 0 aliphatic carbocycles. The number of carbonyl (C=O) groups is 2. The van der Waals surface area contributed by atoms with Crippen LogP contribution in [0, 0.1) is 26.6 Å². The Morgan fingerprint density at radius 2 is 1.71 bits per heavy atom. The van der Waals surface area contributed by atoms with E-state index in [0.717, 1.165) is 22.8 Å². The van der Waals surface area contributed by atoms with Crippen LogP contribution in [0.5, 0.6) is 0 Å². The van der Waals surface area contributed by atoms with Crippen molar-refractivity contribution in [2.24, 2.45) is 0 Å². The van der Waals surface area contributed by atoms with Crippen molar-refractivity contribution in [1.82, 2.24) is 0 Å². The molecule has 2 rings (SSSR count). The molecule has 0 radical (unpaired) electrons. The Morgan fingerprint density at radius 3 is 2.29 bits per heavy atom. The first-order chi connectivity index (χ1) is 11.3. The Labute approximate surface area is 140 Å². The van der Waals surface area contributed by atoms with Gasteiger partial charge in [0.2, 0.25) is 0 Å². The number of amides is 1. The van der Waals surface area contributed by atoms with Gasteiger partial charge in [0.1, 0.15) is 5.82 Å². The van der Waals surface area contributed by atoms with Gasteiger partial charge in [0.05, 0.1) is 5.56 Å². The van der Waals surface area contributed by atoms with Crippen molar-refractivity contribution in [2.75, 3.05) is 5.32 Å². The smallest absolute Gasteiger partial charge is 0.339 e. The van der Waals surface area contributed by atoms with Crippen LogP contribution in [0.15, 0.2) is 36.4 Å². The molecule has 1 amide bonds. The second kappa shape index (κ2) is 7.25. The molecule has 0 aliphatic rings. The monoisotopic (exact) mass is 329 g/mol. The summed E-state index contributed by atoms with van der Waals surface area (Å²) in [7, 11) is 0. The molecule has 4 nitrogen and oxygen atoms in total. The number of aryl methyl sites for hydroxylation is 3. The van der Waals surface area contributed by atoms with E-state index in [0.29, 0.717) is 5.69 Å². The highest BCUT2D eigenvalue weighted by atomic mass is 19.1. The lowest BCUT2D eigenvalue weighted by atomic mass is 10.0. The molecule has 1 atom stereocenters. The van der Waals surface area contributed by atoms with Gasteiger partial charge in [-0.05, 0) is 57.0 Å². The van der Waals surface area contributed by atoms with Gasteiger partial charge in [-0.15, -0.1) is 0 Å². The summed E-state index contributed by atoms with van der Waals surface area (Å²) >= 11 is 0. The normalized spacial score (nSPS) is 11.7. The molecular weight excluding hydrogens is 309 g/mol. The first-order valence-corrected chi connectivity index (χ1v) is 7.63. The van der Waals surface area contributed by atoms with E-state index in [2.05, 4.69) is 5.32 Å². The van der Waals surface area contributed by atoms with E-state index in [4.69, 9.17) is 4.74 Å². The van der Waals surface area contributed by atoms with Gasteiger partial charge >= 0.3 is 5.97 Å². The van der Waals surface area contributed by atoms with E-state index in [1.807, 2.05) is 32.9 Å². The summed E-state index contributed by atoms with van der Waals surface area (Å²) < 4.78 is 18.3.